The van der Waals surface area contributed by atoms with Crippen molar-refractivity contribution < 1.29 is 9.63 Å². The highest BCUT2D eigenvalue weighted by atomic mass is 32.1. The normalized spacial score (nSPS) is 28.1. The van der Waals surface area contributed by atoms with Gasteiger partial charge in [0.2, 0.25) is 11.2 Å². The predicted molar refractivity (Wildman–Crippen MR) is 27.4 cm³/mol. The maximum absolute atomic E-state index is 10.2. The van der Waals surface area contributed by atoms with E-state index in [0.29, 0.717) is 0 Å². The molecule has 0 bridgehead atoms. The van der Waals surface area contributed by atoms with Crippen LogP contribution in [0.4, 0.5) is 0 Å². The minimum absolute atomic E-state index is 0.191. The van der Waals surface area contributed by atoms with Gasteiger partial charge in [-0.2, -0.15) is 0 Å². The van der Waals surface area contributed by atoms with Crippen LogP contribution < -0.4 is 0 Å². The number of hydrogen-bond acceptors (Lipinski definition) is 4. The highest BCUT2D eigenvalue weighted by molar-refractivity contribution is 7.81. The van der Waals surface area contributed by atoms with Crippen LogP contribution in [-0.2, 0) is 9.63 Å². The maximum Gasteiger partial charge on any atom is 0.233 e. The SMILES string of the molecule is O=C1C=NOC1S. The first-order valence-corrected chi connectivity index (χ1v) is 2.23. The Balaban J connectivity index is 2.62. The second-order valence-electron chi connectivity index (χ2n) is 1.09. The summed E-state index contributed by atoms with van der Waals surface area (Å²) in [4.78, 5) is 14.6. The molecule has 0 aromatic rings. The van der Waals surface area contributed by atoms with Crippen molar-refractivity contribution in [2.45, 2.75) is 5.44 Å². The van der Waals surface area contributed by atoms with Crippen molar-refractivity contribution in [1.29, 1.82) is 0 Å². The molecule has 7 heavy (non-hydrogen) atoms. The van der Waals surface area contributed by atoms with Gasteiger partial charge >= 0.3 is 0 Å². The van der Waals surface area contributed by atoms with Crippen LogP contribution in [0, 0.1) is 0 Å². The molecular formula is C3H3NO2S. The highest BCUT2D eigenvalue weighted by Crippen LogP contribution is 2.03. The summed E-state index contributed by atoms with van der Waals surface area (Å²) in [5, 5.41) is 3.19. The highest BCUT2D eigenvalue weighted by Gasteiger charge is 2.17. The summed E-state index contributed by atoms with van der Waals surface area (Å²) in [5.41, 5.74) is -0.653. The number of oxime groups is 1. The molecule has 3 nitrogen and oxygen atoms in total. The minimum atomic E-state index is -0.653. The Bertz CT molecular complexity index is 122. The van der Waals surface area contributed by atoms with Gasteiger partial charge in [-0.15, -0.1) is 12.6 Å². The van der Waals surface area contributed by atoms with E-state index < -0.39 is 5.44 Å². The Kier molecular flexibility index (Phi) is 1.02. The molecule has 0 spiro atoms. The number of nitrogens with zero attached hydrogens (tertiary/aromatic N) is 1. The molecular weight excluding hydrogens is 114 g/mol. The van der Waals surface area contributed by atoms with Crippen molar-refractivity contribution in [3.8, 4) is 0 Å². The third-order valence-corrected chi connectivity index (χ3v) is 0.933. The van der Waals surface area contributed by atoms with Crippen LogP contribution in [0.5, 0.6) is 0 Å². The lowest BCUT2D eigenvalue weighted by Gasteiger charge is -1.91. The average Bonchev–Trinajstić information content (AvgIpc) is 1.91. The van der Waals surface area contributed by atoms with Crippen LogP contribution in [0.2, 0.25) is 0 Å². The van der Waals surface area contributed by atoms with E-state index in [9.17, 15) is 4.79 Å². The van der Waals surface area contributed by atoms with E-state index in [2.05, 4.69) is 22.6 Å². The van der Waals surface area contributed by atoms with Crippen molar-refractivity contribution >= 4 is 24.6 Å². The van der Waals surface area contributed by atoms with Crippen LogP contribution in [0.25, 0.3) is 0 Å². The van der Waals surface area contributed by atoms with Crippen molar-refractivity contribution in [3.05, 3.63) is 0 Å². The molecule has 0 saturated heterocycles. The van der Waals surface area contributed by atoms with Crippen LogP contribution >= 0.6 is 12.6 Å². The Labute approximate surface area is 45.7 Å². The molecule has 0 radical (unpaired) electrons. The summed E-state index contributed by atoms with van der Waals surface area (Å²) in [7, 11) is 0. The molecule has 4 heteroatoms. The van der Waals surface area contributed by atoms with Crippen LogP contribution in [0.1, 0.15) is 0 Å². The standard InChI is InChI=1S/C3H3NO2S/c5-2-1-4-6-3(2)7/h1,3,7H. The predicted octanol–water partition coefficient (Wildman–Crippen LogP) is -0.173. The van der Waals surface area contributed by atoms with Gasteiger partial charge in [-0.1, -0.05) is 5.16 Å². The van der Waals surface area contributed by atoms with E-state index in [1.54, 1.807) is 0 Å². The van der Waals surface area contributed by atoms with Gasteiger partial charge in [0.25, 0.3) is 0 Å². The Morgan fingerprint density at radius 3 is 2.86 bits per heavy atom. The van der Waals surface area contributed by atoms with Gasteiger partial charge < -0.3 is 4.84 Å². The zero-order chi connectivity index (χ0) is 5.28. The summed E-state index contributed by atoms with van der Waals surface area (Å²) < 4.78 is 0. The van der Waals surface area contributed by atoms with E-state index in [1.165, 1.54) is 0 Å². The summed E-state index contributed by atoms with van der Waals surface area (Å²) in [6.07, 6.45) is 1.11. The lowest BCUT2D eigenvalue weighted by molar-refractivity contribution is -0.116. The van der Waals surface area contributed by atoms with Gasteiger partial charge in [-0.25, -0.2) is 0 Å². The van der Waals surface area contributed by atoms with E-state index in [4.69, 9.17) is 0 Å². The fourth-order valence-electron chi connectivity index (χ4n) is 0.256. The fraction of sp³-hybridized carbons (Fsp3) is 0.333. The molecule has 1 unspecified atom stereocenters. The third kappa shape index (κ3) is 0.742. The van der Waals surface area contributed by atoms with Crippen molar-refractivity contribution in [2.75, 3.05) is 0 Å². The number of hydrogen-bond donors (Lipinski definition) is 1. The van der Waals surface area contributed by atoms with Crippen LogP contribution in [0.15, 0.2) is 5.16 Å². The van der Waals surface area contributed by atoms with Gasteiger partial charge in [0.05, 0.1) is 0 Å². The molecule has 0 aliphatic carbocycles. The molecule has 0 amide bonds. The van der Waals surface area contributed by atoms with Gasteiger partial charge in [-0.3, -0.25) is 4.79 Å². The number of ketones is 1. The number of Topliss-reactive ketones (excluding diaryl/α,β-unsaturated/α-hetero) is 1. The Morgan fingerprint density at radius 1 is 2.00 bits per heavy atom. The zero-order valence-corrected chi connectivity index (χ0v) is 4.26. The molecule has 0 aromatic carbocycles. The molecule has 0 saturated carbocycles. The summed E-state index contributed by atoms with van der Waals surface area (Å²) >= 11 is 3.69. The fourth-order valence-corrected chi connectivity index (χ4v) is 0.377. The molecule has 0 fully saturated rings. The number of carbonyl (C=O) groups excluding carboxylic acids is 1. The number of thiol groups is 1. The van der Waals surface area contributed by atoms with Crippen LogP contribution in [-0.4, -0.2) is 17.4 Å². The molecule has 1 heterocycles. The van der Waals surface area contributed by atoms with E-state index in [1.807, 2.05) is 0 Å². The van der Waals surface area contributed by atoms with E-state index >= 15 is 0 Å². The zero-order valence-electron chi connectivity index (χ0n) is 3.37. The molecule has 38 valence electrons. The summed E-state index contributed by atoms with van der Waals surface area (Å²) in [6.45, 7) is 0. The number of carbonyl (C=O) groups is 1. The first kappa shape index (κ1) is 4.64. The summed E-state index contributed by atoms with van der Waals surface area (Å²) in [6, 6.07) is 0. The lowest BCUT2D eigenvalue weighted by atomic mass is 10.5. The van der Waals surface area contributed by atoms with Gasteiger partial charge in [0.1, 0.15) is 6.21 Å². The van der Waals surface area contributed by atoms with Crippen molar-refractivity contribution in [1.82, 2.24) is 0 Å². The van der Waals surface area contributed by atoms with Gasteiger partial charge in [0.15, 0.2) is 0 Å². The monoisotopic (exact) mass is 117 g/mol. The largest absolute Gasteiger partial charge is 0.373 e. The maximum atomic E-state index is 10.2. The van der Waals surface area contributed by atoms with Crippen molar-refractivity contribution in [2.24, 2.45) is 5.16 Å². The first-order chi connectivity index (χ1) is 3.30. The molecule has 1 rings (SSSR count). The Hall–Kier alpha value is -0.510. The van der Waals surface area contributed by atoms with Gasteiger partial charge in [0, 0.05) is 0 Å². The second-order valence-corrected chi connectivity index (χ2v) is 1.56. The third-order valence-electron chi connectivity index (χ3n) is 0.584. The van der Waals surface area contributed by atoms with E-state index in [-0.39, 0.29) is 5.78 Å². The second kappa shape index (κ2) is 1.54. The van der Waals surface area contributed by atoms with Crippen LogP contribution in [0.3, 0.4) is 0 Å². The smallest absolute Gasteiger partial charge is 0.233 e. The molecule has 1 atom stereocenters. The molecule has 1 aliphatic rings. The molecule has 1 aliphatic heterocycles. The van der Waals surface area contributed by atoms with Crippen molar-refractivity contribution in [3.63, 3.8) is 0 Å². The molecule has 0 N–H and O–H groups in total. The number of rotatable bonds is 0. The van der Waals surface area contributed by atoms with E-state index in [0.717, 1.165) is 6.21 Å². The van der Waals surface area contributed by atoms with Gasteiger partial charge in [-0.05, 0) is 0 Å². The first-order valence-electron chi connectivity index (χ1n) is 1.72. The minimum Gasteiger partial charge on any atom is -0.373 e. The Morgan fingerprint density at radius 2 is 2.71 bits per heavy atom. The quantitative estimate of drug-likeness (QED) is 0.447. The topological polar surface area (TPSA) is 38.7 Å². The average molecular weight is 117 g/mol. The summed E-state index contributed by atoms with van der Waals surface area (Å²) in [5.74, 6) is -0.191. The molecule has 0 aromatic heterocycles. The lowest BCUT2D eigenvalue weighted by Crippen LogP contribution is -2.08.